The molecule has 2 aromatic carbocycles. The van der Waals surface area contributed by atoms with Gasteiger partial charge in [0.1, 0.15) is 0 Å². The lowest BCUT2D eigenvalue weighted by Gasteiger charge is -2.11. The smallest absolute Gasteiger partial charge is 0.253 e. The van der Waals surface area contributed by atoms with Gasteiger partial charge in [0.15, 0.2) is 6.10 Å². The summed E-state index contributed by atoms with van der Waals surface area (Å²) in [6.07, 6.45) is -1.18. The Morgan fingerprint density at radius 2 is 1.74 bits per heavy atom. The summed E-state index contributed by atoms with van der Waals surface area (Å²) >= 11 is 5.75. The molecule has 2 aromatic rings. The third-order valence-corrected chi connectivity index (χ3v) is 3.00. The molecule has 0 aromatic heterocycles. The van der Waals surface area contributed by atoms with Crippen LogP contribution in [0.15, 0.2) is 54.6 Å². The van der Waals surface area contributed by atoms with Crippen molar-refractivity contribution in [3.8, 4) is 0 Å². The SMILES string of the molecule is O=C(NCc1ccccc1)[C@@H](O)c1ccc(Cl)cc1. The lowest BCUT2D eigenvalue weighted by molar-refractivity contribution is -0.129. The van der Waals surface area contributed by atoms with E-state index in [2.05, 4.69) is 5.32 Å². The fraction of sp³-hybridized carbons (Fsp3) is 0.133. The van der Waals surface area contributed by atoms with E-state index in [9.17, 15) is 9.90 Å². The molecule has 1 atom stereocenters. The summed E-state index contributed by atoms with van der Waals surface area (Å²) in [5.74, 6) is -0.425. The predicted molar refractivity (Wildman–Crippen MR) is 74.7 cm³/mol. The summed E-state index contributed by atoms with van der Waals surface area (Å²) < 4.78 is 0. The van der Waals surface area contributed by atoms with Gasteiger partial charge in [-0.25, -0.2) is 0 Å². The monoisotopic (exact) mass is 275 g/mol. The first-order valence-electron chi connectivity index (χ1n) is 5.92. The van der Waals surface area contributed by atoms with Gasteiger partial charge >= 0.3 is 0 Å². The highest BCUT2D eigenvalue weighted by Crippen LogP contribution is 2.16. The maximum absolute atomic E-state index is 11.8. The quantitative estimate of drug-likeness (QED) is 0.901. The van der Waals surface area contributed by atoms with Crippen molar-refractivity contribution in [1.82, 2.24) is 5.32 Å². The van der Waals surface area contributed by atoms with Gasteiger partial charge in [-0.1, -0.05) is 54.1 Å². The molecule has 2 N–H and O–H groups in total. The predicted octanol–water partition coefficient (Wildman–Crippen LogP) is 2.69. The van der Waals surface area contributed by atoms with Crippen LogP contribution in [0.5, 0.6) is 0 Å². The van der Waals surface area contributed by atoms with Crippen LogP contribution in [-0.2, 0) is 11.3 Å². The number of halogens is 1. The van der Waals surface area contributed by atoms with Crippen LogP contribution < -0.4 is 5.32 Å². The van der Waals surface area contributed by atoms with Crippen LogP contribution in [0.4, 0.5) is 0 Å². The molecule has 0 radical (unpaired) electrons. The van der Waals surface area contributed by atoms with Crippen molar-refractivity contribution in [2.45, 2.75) is 12.6 Å². The summed E-state index contributed by atoms with van der Waals surface area (Å²) in [6.45, 7) is 0.393. The second kappa shape index (κ2) is 6.36. The molecule has 0 spiro atoms. The molecule has 19 heavy (non-hydrogen) atoms. The molecule has 4 heteroatoms. The minimum absolute atomic E-state index is 0.393. The summed E-state index contributed by atoms with van der Waals surface area (Å²) in [6, 6.07) is 16.1. The molecule has 3 nitrogen and oxygen atoms in total. The summed E-state index contributed by atoms with van der Waals surface area (Å²) in [5, 5.41) is 13.2. The molecule has 0 aliphatic rings. The zero-order chi connectivity index (χ0) is 13.7. The molecule has 0 saturated carbocycles. The number of hydrogen-bond acceptors (Lipinski definition) is 2. The van der Waals surface area contributed by atoms with Crippen LogP contribution in [0.3, 0.4) is 0 Å². The van der Waals surface area contributed by atoms with Crippen molar-refractivity contribution in [2.75, 3.05) is 0 Å². The van der Waals surface area contributed by atoms with Crippen LogP contribution in [0.1, 0.15) is 17.2 Å². The molecule has 2 rings (SSSR count). The van der Waals surface area contributed by atoms with E-state index in [0.717, 1.165) is 5.56 Å². The second-order valence-corrected chi connectivity index (χ2v) is 4.59. The second-order valence-electron chi connectivity index (χ2n) is 4.16. The van der Waals surface area contributed by atoms with Crippen molar-refractivity contribution in [3.63, 3.8) is 0 Å². The Morgan fingerprint density at radius 3 is 2.37 bits per heavy atom. The molecule has 0 aliphatic heterocycles. The van der Waals surface area contributed by atoms with Crippen LogP contribution in [0, 0.1) is 0 Å². The molecule has 1 amide bonds. The van der Waals surface area contributed by atoms with E-state index in [1.165, 1.54) is 0 Å². The minimum Gasteiger partial charge on any atom is -0.378 e. The molecule has 0 saturated heterocycles. The number of nitrogens with one attached hydrogen (secondary N) is 1. The average molecular weight is 276 g/mol. The number of carbonyl (C=O) groups is 1. The van der Waals surface area contributed by atoms with E-state index in [-0.39, 0.29) is 0 Å². The highest BCUT2D eigenvalue weighted by molar-refractivity contribution is 6.30. The third kappa shape index (κ3) is 3.81. The number of benzene rings is 2. The first-order valence-corrected chi connectivity index (χ1v) is 6.30. The Morgan fingerprint density at radius 1 is 1.11 bits per heavy atom. The van der Waals surface area contributed by atoms with E-state index in [4.69, 9.17) is 11.6 Å². The lowest BCUT2D eigenvalue weighted by atomic mass is 10.1. The molecule has 98 valence electrons. The van der Waals surface area contributed by atoms with Crippen molar-refractivity contribution >= 4 is 17.5 Å². The molecule has 0 bridgehead atoms. The first-order chi connectivity index (χ1) is 9.16. The number of carbonyl (C=O) groups excluding carboxylic acids is 1. The summed E-state index contributed by atoms with van der Waals surface area (Å²) in [5.41, 5.74) is 1.51. The third-order valence-electron chi connectivity index (χ3n) is 2.74. The fourth-order valence-electron chi connectivity index (χ4n) is 1.68. The van der Waals surface area contributed by atoms with Crippen molar-refractivity contribution in [2.24, 2.45) is 0 Å². The van der Waals surface area contributed by atoms with Gasteiger partial charge in [-0.15, -0.1) is 0 Å². The van der Waals surface area contributed by atoms with Crippen LogP contribution >= 0.6 is 11.6 Å². The maximum Gasteiger partial charge on any atom is 0.253 e. The van der Waals surface area contributed by atoms with Gasteiger partial charge in [-0.2, -0.15) is 0 Å². The van der Waals surface area contributed by atoms with E-state index >= 15 is 0 Å². The van der Waals surface area contributed by atoms with E-state index < -0.39 is 12.0 Å². The molecule has 0 aliphatic carbocycles. The lowest BCUT2D eigenvalue weighted by Crippen LogP contribution is -2.28. The number of aliphatic hydroxyl groups is 1. The van der Waals surface area contributed by atoms with Crippen LogP contribution in [0.2, 0.25) is 5.02 Å². The van der Waals surface area contributed by atoms with Gasteiger partial charge in [-0.05, 0) is 23.3 Å². The van der Waals surface area contributed by atoms with Gasteiger partial charge in [0, 0.05) is 11.6 Å². The fourth-order valence-corrected chi connectivity index (χ4v) is 1.80. The summed E-state index contributed by atoms with van der Waals surface area (Å²) in [7, 11) is 0. The van der Waals surface area contributed by atoms with E-state index in [1.807, 2.05) is 30.3 Å². The Labute approximate surface area is 116 Å². The Kier molecular flexibility index (Phi) is 4.55. The maximum atomic E-state index is 11.8. The van der Waals surface area contributed by atoms with Crippen molar-refractivity contribution in [3.05, 3.63) is 70.7 Å². The average Bonchev–Trinajstić information content (AvgIpc) is 2.46. The van der Waals surface area contributed by atoms with Gasteiger partial charge in [0.2, 0.25) is 0 Å². The van der Waals surface area contributed by atoms with E-state index in [1.54, 1.807) is 24.3 Å². The number of amides is 1. The van der Waals surface area contributed by atoms with Crippen molar-refractivity contribution in [1.29, 1.82) is 0 Å². The number of rotatable bonds is 4. The molecular weight excluding hydrogens is 262 g/mol. The highest BCUT2D eigenvalue weighted by Gasteiger charge is 2.16. The number of aliphatic hydroxyl groups excluding tert-OH is 1. The summed E-state index contributed by atoms with van der Waals surface area (Å²) in [4.78, 5) is 11.8. The normalized spacial score (nSPS) is 11.9. The highest BCUT2D eigenvalue weighted by atomic mass is 35.5. The first kappa shape index (κ1) is 13.6. The van der Waals surface area contributed by atoms with Gasteiger partial charge in [-0.3, -0.25) is 4.79 Å². The minimum atomic E-state index is -1.18. The molecule has 0 heterocycles. The van der Waals surface area contributed by atoms with E-state index in [0.29, 0.717) is 17.1 Å². The largest absolute Gasteiger partial charge is 0.378 e. The standard InChI is InChI=1S/C15H14ClNO2/c16-13-8-6-12(7-9-13)14(18)15(19)17-10-11-4-2-1-3-5-11/h1-9,14,18H,10H2,(H,17,19)/t14-/m0/s1. The zero-order valence-electron chi connectivity index (χ0n) is 10.2. The molecule has 0 unspecified atom stereocenters. The van der Waals surface area contributed by atoms with Crippen molar-refractivity contribution < 1.29 is 9.90 Å². The Hall–Kier alpha value is -1.84. The Bertz CT molecular complexity index is 540. The van der Waals surface area contributed by atoms with Crippen LogP contribution in [0.25, 0.3) is 0 Å². The Balaban J connectivity index is 1.94. The topological polar surface area (TPSA) is 49.3 Å². The van der Waals surface area contributed by atoms with Crippen LogP contribution in [-0.4, -0.2) is 11.0 Å². The van der Waals surface area contributed by atoms with Gasteiger partial charge in [0.05, 0.1) is 0 Å². The van der Waals surface area contributed by atoms with Gasteiger partial charge < -0.3 is 10.4 Å². The molecule has 0 fully saturated rings. The van der Waals surface area contributed by atoms with Gasteiger partial charge in [0.25, 0.3) is 5.91 Å². The number of hydrogen-bond donors (Lipinski definition) is 2. The molecular formula is C15H14ClNO2. The zero-order valence-corrected chi connectivity index (χ0v) is 11.0.